The molecule has 0 saturated heterocycles. The van der Waals surface area contributed by atoms with Crippen molar-refractivity contribution in [2.45, 2.75) is 51.4 Å². The van der Waals surface area contributed by atoms with Gasteiger partial charge < -0.3 is 20.6 Å². The molecule has 2 aromatic heterocycles. The molecule has 0 amide bonds. The van der Waals surface area contributed by atoms with Crippen LogP contribution < -0.4 is 10.6 Å². The standard InChI is InChI=1S/C40H46N4/c1-3-13-31(14-4-1)23-27-41-29-25-35-33-17-7-9-19-37(33)43-39(35)21-11-12-22-40-36(34-18-8-10-20-38(34)44-40)26-30-42-28-24-32-15-5-2-6-16-32/h1-10,13-20,41-44H,11-12,21-30H2. The molecule has 0 unspecified atom stereocenters. The summed E-state index contributed by atoms with van der Waals surface area (Å²) in [6.45, 7) is 4.02. The maximum absolute atomic E-state index is 3.77. The highest BCUT2D eigenvalue weighted by molar-refractivity contribution is 5.85. The molecular formula is C40H46N4. The number of aromatic nitrogens is 2. The predicted octanol–water partition coefficient (Wildman–Crippen LogP) is 7.96. The first-order valence-electron chi connectivity index (χ1n) is 16.5. The summed E-state index contributed by atoms with van der Waals surface area (Å²) < 4.78 is 0. The molecule has 0 aliphatic heterocycles. The normalized spacial score (nSPS) is 11.5. The van der Waals surface area contributed by atoms with Crippen molar-refractivity contribution < 1.29 is 0 Å². The van der Waals surface area contributed by atoms with Crippen molar-refractivity contribution in [2.75, 3.05) is 26.2 Å². The Morgan fingerprint density at radius 2 is 0.773 bits per heavy atom. The van der Waals surface area contributed by atoms with Crippen LogP contribution in [0.15, 0.2) is 109 Å². The summed E-state index contributed by atoms with van der Waals surface area (Å²) in [4.78, 5) is 7.54. The SMILES string of the molecule is c1ccc(CCNCCc2c(CCCCc3[nH]c4ccccc4c3CCNCCc3ccccc3)[nH]c3ccccc23)cc1. The van der Waals surface area contributed by atoms with E-state index in [0.717, 1.165) is 64.7 Å². The number of benzene rings is 4. The number of para-hydroxylation sites is 2. The van der Waals surface area contributed by atoms with Gasteiger partial charge in [0.15, 0.2) is 0 Å². The summed E-state index contributed by atoms with van der Waals surface area (Å²) >= 11 is 0. The van der Waals surface area contributed by atoms with Gasteiger partial charge in [-0.05, 0) is 112 Å². The van der Waals surface area contributed by atoms with Crippen LogP contribution in [0.1, 0.15) is 46.5 Å². The van der Waals surface area contributed by atoms with E-state index in [1.54, 1.807) is 0 Å². The Labute approximate surface area is 262 Å². The van der Waals surface area contributed by atoms with Gasteiger partial charge in [-0.2, -0.15) is 0 Å². The lowest BCUT2D eigenvalue weighted by Gasteiger charge is -2.09. The quantitative estimate of drug-likeness (QED) is 0.0825. The fourth-order valence-electron chi connectivity index (χ4n) is 6.54. The largest absolute Gasteiger partial charge is 0.358 e. The van der Waals surface area contributed by atoms with Gasteiger partial charge in [0, 0.05) is 33.2 Å². The van der Waals surface area contributed by atoms with Gasteiger partial charge in [0.05, 0.1) is 0 Å². The molecule has 0 radical (unpaired) electrons. The van der Waals surface area contributed by atoms with Crippen molar-refractivity contribution in [3.63, 3.8) is 0 Å². The third-order valence-corrected chi connectivity index (χ3v) is 8.88. The summed E-state index contributed by atoms with van der Waals surface area (Å²) in [6, 6.07) is 39.1. The summed E-state index contributed by atoms with van der Waals surface area (Å²) in [5, 5.41) is 10.1. The predicted molar refractivity (Wildman–Crippen MR) is 187 cm³/mol. The van der Waals surface area contributed by atoms with Crippen LogP contribution in [0.4, 0.5) is 0 Å². The van der Waals surface area contributed by atoms with Crippen molar-refractivity contribution >= 4 is 21.8 Å². The van der Waals surface area contributed by atoms with Crippen molar-refractivity contribution in [1.29, 1.82) is 0 Å². The lowest BCUT2D eigenvalue weighted by molar-refractivity contribution is 0.668. The maximum atomic E-state index is 3.77. The van der Waals surface area contributed by atoms with Gasteiger partial charge in [-0.1, -0.05) is 97.1 Å². The molecule has 6 rings (SSSR count). The van der Waals surface area contributed by atoms with E-state index in [9.17, 15) is 0 Å². The van der Waals surface area contributed by atoms with E-state index in [-0.39, 0.29) is 0 Å². The van der Waals surface area contributed by atoms with E-state index in [1.165, 1.54) is 68.3 Å². The number of aryl methyl sites for hydroxylation is 2. The fourth-order valence-corrected chi connectivity index (χ4v) is 6.54. The highest BCUT2D eigenvalue weighted by Crippen LogP contribution is 2.26. The molecule has 6 aromatic rings. The number of aromatic amines is 2. The maximum Gasteiger partial charge on any atom is 0.0458 e. The van der Waals surface area contributed by atoms with Gasteiger partial charge in [0.25, 0.3) is 0 Å². The lowest BCUT2D eigenvalue weighted by atomic mass is 10.0. The summed E-state index contributed by atoms with van der Waals surface area (Å²) in [7, 11) is 0. The fraction of sp³-hybridized carbons (Fsp3) is 0.300. The third-order valence-electron chi connectivity index (χ3n) is 8.88. The third kappa shape index (κ3) is 7.88. The Morgan fingerprint density at radius 3 is 1.23 bits per heavy atom. The van der Waals surface area contributed by atoms with Crippen LogP contribution in [0.3, 0.4) is 0 Å². The van der Waals surface area contributed by atoms with Gasteiger partial charge >= 0.3 is 0 Å². The van der Waals surface area contributed by atoms with Crippen LogP contribution in [0, 0.1) is 0 Å². The van der Waals surface area contributed by atoms with Crippen LogP contribution in [0.5, 0.6) is 0 Å². The van der Waals surface area contributed by atoms with Crippen molar-refractivity contribution in [3.8, 4) is 0 Å². The second-order valence-corrected chi connectivity index (χ2v) is 11.9. The van der Waals surface area contributed by atoms with Gasteiger partial charge in [-0.25, -0.2) is 0 Å². The number of nitrogens with one attached hydrogen (secondary N) is 4. The average Bonchev–Trinajstić information content (AvgIpc) is 3.61. The van der Waals surface area contributed by atoms with Crippen LogP contribution in [0.25, 0.3) is 21.8 Å². The lowest BCUT2D eigenvalue weighted by Crippen LogP contribution is -2.20. The molecule has 4 nitrogen and oxygen atoms in total. The van der Waals surface area contributed by atoms with E-state index >= 15 is 0 Å². The Balaban J connectivity index is 1.02. The van der Waals surface area contributed by atoms with E-state index < -0.39 is 0 Å². The van der Waals surface area contributed by atoms with E-state index in [1.807, 2.05) is 0 Å². The van der Waals surface area contributed by atoms with E-state index in [4.69, 9.17) is 0 Å². The molecule has 4 heteroatoms. The topological polar surface area (TPSA) is 55.6 Å². The first-order chi connectivity index (χ1) is 21.8. The minimum Gasteiger partial charge on any atom is -0.358 e. The second-order valence-electron chi connectivity index (χ2n) is 11.9. The number of H-pyrrole nitrogens is 2. The van der Waals surface area contributed by atoms with Crippen LogP contribution in [-0.2, 0) is 38.5 Å². The van der Waals surface area contributed by atoms with Crippen LogP contribution in [-0.4, -0.2) is 36.1 Å². The number of hydrogen-bond acceptors (Lipinski definition) is 2. The number of hydrogen-bond donors (Lipinski definition) is 4. The van der Waals surface area contributed by atoms with Gasteiger partial charge in [0.2, 0.25) is 0 Å². The summed E-state index contributed by atoms with van der Waals surface area (Å²) in [5.41, 5.74) is 11.1. The Hall–Kier alpha value is -4.12. The summed E-state index contributed by atoms with van der Waals surface area (Å²) in [5.74, 6) is 0. The highest BCUT2D eigenvalue weighted by atomic mass is 14.9. The van der Waals surface area contributed by atoms with Crippen LogP contribution >= 0.6 is 0 Å². The first kappa shape index (κ1) is 29.9. The molecule has 226 valence electrons. The molecular weight excluding hydrogens is 536 g/mol. The molecule has 0 bridgehead atoms. The minimum atomic E-state index is 0.999. The number of unbranched alkanes of at least 4 members (excludes halogenated alkanes) is 1. The molecule has 0 aliphatic carbocycles. The molecule has 0 atom stereocenters. The van der Waals surface area contributed by atoms with Crippen molar-refractivity contribution in [1.82, 2.24) is 20.6 Å². The molecule has 0 saturated carbocycles. The highest BCUT2D eigenvalue weighted by Gasteiger charge is 2.13. The van der Waals surface area contributed by atoms with E-state index in [0.29, 0.717) is 0 Å². The molecule has 4 aromatic carbocycles. The zero-order chi connectivity index (χ0) is 29.8. The van der Waals surface area contributed by atoms with Crippen molar-refractivity contribution in [2.24, 2.45) is 0 Å². The molecule has 2 heterocycles. The van der Waals surface area contributed by atoms with Gasteiger partial charge in [-0.3, -0.25) is 0 Å². The Morgan fingerprint density at radius 1 is 0.386 bits per heavy atom. The molecule has 44 heavy (non-hydrogen) atoms. The number of rotatable bonds is 17. The van der Waals surface area contributed by atoms with Crippen molar-refractivity contribution in [3.05, 3.63) is 143 Å². The first-order valence-corrected chi connectivity index (χ1v) is 16.5. The molecule has 0 fully saturated rings. The zero-order valence-corrected chi connectivity index (χ0v) is 25.9. The minimum absolute atomic E-state index is 0.999. The second kappa shape index (κ2) is 15.6. The van der Waals surface area contributed by atoms with Gasteiger partial charge in [0.1, 0.15) is 0 Å². The average molecular weight is 583 g/mol. The van der Waals surface area contributed by atoms with E-state index in [2.05, 4.69) is 130 Å². The van der Waals surface area contributed by atoms with Gasteiger partial charge in [-0.15, -0.1) is 0 Å². The smallest absolute Gasteiger partial charge is 0.0458 e. The van der Waals surface area contributed by atoms with Crippen LogP contribution in [0.2, 0.25) is 0 Å². The monoisotopic (exact) mass is 582 g/mol. The number of fused-ring (bicyclic) bond motifs is 2. The molecule has 0 spiro atoms. The Kier molecular flexibility index (Phi) is 10.6. The molecule has 4 N–H and O–H groups in total. The Bertz CT molecular complexity index is 1590. The molecule has 0 aliphatic rings. The zero-order valence-electron chi connectivity index (χ0n) is 25.9. The summed E-state index contributed by atoms with van der Waals surface area (Å²) in [6.07, 6.45) is 8.77.